The number of rotatable bonds is 1. The van der Waals surface area contributed by atoms with Crippen LogP contribution < -0.4 is 0 Å². The number of aromatic nitrogens is 3. The second kappa shape index (κ2) is 2.58. The molecular formula is C7H9N3O2. The standard InChI is InChI=1S/C7H9N3O2/c11-7(12)6-8-5-3-1-2-4-10(5)9-6/h1-4H2,(H,11,12). The molecule has 0 fully saturated rings. The normalized spacial score (nSPS) is 15.7. The number of carbonyl (C=O) groups is 1. The summed E-state index contributed by atoms with van der Waals surface area (Å²) in [5.74, 6) is -0.317. The van der Waals surface area contributed by atoms with Crippen molar-refractivity contribution >= 4 is 5.97 Å². The first-order chi connectivity index (χ1) is 5.77. The lowest BCUT2D eigenvalue weighted by atomic mass is 10.2. The Bertz CT molecular complexity index is 295. The van der Waals surface area contributed by atoms with E-state index in [4.69, 9.17) is 5.11 Å². The second-order valence-electron chi connectivity index (χ2n) is 2.84. The summed E-state index contributed by atoms with van der Waals surface area (Å²) in [4.78, 5) is 14.4. The molecule has 0 atom stereocenters. The lowest BCUT2D eigenvalue weighted by Crippen LogP contribution is -2.11. The molecule has 0 amide bonds. The van der Waals surface area contributed by atoms with Crippen LogP contribution in [0.15, 0.2) is 0 Å². The zero-order chi connectivity index (χ0) is 8.55. The van der Waals surface area contributed by atoms with Crippen molar-refractivity contribution in [1.82, 2.24) is 14.8 Å². The van der Waals surface area contributed by atoms with Gasteiger partial charge in [0.15, 0.2) is 0 Å². The Morgan fingerprint density at radius 1 is 1.50 bits per heavy atom. The van der Waals surface area contributed by atoms with E-state index in [1.807, 2.05) is 0 Å². The third-order valence-electron chi connectivity index (χ3n) is 1.96. The molecular weight excluding hydrogens is 158 g/mol. The maximum atomic E-state index is 10.5. The van der Waals surface area contributed by atoms with Crippen molar-refractivity contribution in [3.05, 3.63) is 11.6 Å². The minimum Gasteiger partial charge on any atom is -0.475 e. The molecule has 2 heterocycles. The van der Waals surface area contributed by atoms with Crippen molar-refractivity contribution in [3.8, 4) is 0 Å². The van der Waals surface area contributed by atoms with Gasteiger partial charge in [0, 0.05) is 13.0 Å². The fourth-order valence-electron chi connectivity index (χ4n) is 1.37. The predicted molar refractivity (Wildman–Crippen MR) is 39.9 cm³/mol. The van der Waals surface area contributed by atoms with E-state index < -0.39 is 5.97 Å². The van der Waals surface area contributed by atoms with Gasteiger partial charge in [0.1, 0.15) is 5.82 Å². The van der Waals surface area contributed by atoms with E-state index in [1.54, 1.807) is 4.68 Å². The molecule has 1 aromatic rings. The Labute approximate surface area is 69.0 Å². The number of aromatic carboxylic acids is 1. The highest BCUT2D eigenvalue weighted by Gasteiger charge is 2.17. The van der Waals surface area contributed by atoms with E-state index in [0.29, 0.717) is 0 Å². The predicted octanol–water partition coefficient (Wildman–Crippen LogP) is 0.313. The summed E-state index contributed by atoms with van der Waals surface area (Å²) >= 11 is 0. The summed E-state index contributed by atoms with van der Waals surface area (Å²) in [5.41, 5.74) is 0. The first-order valence-electron chi connectivity index (χ1n) is 3.94. The molecule has 0 saturated heterocycles. The van der Waals surface area contributed by atoms with Crippen LogP contribution in [0.5, 0.6) is 0 Å². The van der Waals surface area contributed by atoms with Crippen molar-refractivity contribution < 1.29 is 9.90 Å². The molecule has 1 aliphatic heterocycles. The Hall–Kier alpha value is -1.39. The molecule has 5 heteroatoms. The Kier molecular flexibility index (Phi) is 1.56. The van der Waals surface area contributed by atoms with Crippen LogP contribution in [-0.2, 0) is 13.0 Å². The third kappa shape index (κ3) is 1.07. The first-order valence-corrected chi connectivity index (χ1v) is 3.94. The van der Waals surface area contributed by atoms with Crippen LogP contribution in [0.4, 0.5) is 0 Å². The smallest absolute Gasteiger partial charge is 0.375 e. The van der Waals surface area contributed by atoms with Crippen LogP contribution >= 0.6 is 0 Å². The number of carboxylic acids is 1. The van der Waals surface area contributed by atoms with Gasteiger partial charge in [-0.2, -0.15) is 0 Å². The Balaban J connectivity index is 2.38. The number of fused-ring (bicyclic) bond motifs is 1. The molecule has 5 nitrogen and oxygen atoms in total. The van der Waals surface area contributed by atoms with Crippen molar-refractivity contribution in [2.24, 2.45) is 0 Å². The minimum absolute atomic E-state index is 0.0769. The molecule has 0 aliphatic carbocycles. The van der Waals surface area contributed by atoms with Gasteiger partial charge in [0.25, 0.3) is 5.82 Å². The van der Waals surface area contributed by atoms with Crippen molar-refractivity contribution in [3.63, 3.8) is 0 Å². The average Bonchev–Trinajstić information content (AvgIpc) is 2.46. The Morgan fingerprint density at radius 2 is 2.33 bits per heavy atom. The quantitative estimate of drug-likeness (QED) is 0.653. The van der Waals surface area contributed by atoms with Crippen LogP contribution in [0.25, 0.3) is 0 Å². The molecule has 64 valence electrons. The van der Waals surface area contributed by atoms with Gasteiger partial charge in [-0.05, 0) is 12.8 Å². The van der Waals surface area contributed by atoms with Gasteiger partial charge in [0.05, 0.1) is 0 Å². The molecule has 1 aromatic heterocycles. The molecule has 2 rings (SSSR count). The van der Waals surface area contributed by atoms with Crippen LogP contribution in [0.2, 0.25) is 0 Å². The summed E-state index contributed by atoms with van der Waals surface area (Å²) in [6, 6.07) is 0. The fraction of sp³-hybridized carbons (Fsp3) is 0.571. The van der Waals surface area contributed by atoms with Crippen molar-refractivity contribution in [2.75, 3.05) is 0 Å². The van der Waals surface area contributed by atoms with Gasteiger partial charge < -0.3 is 5.11 Å². The van der Waals surface area contributed by atoms with Gasteiger partial charge in [0.2, 0.25) is 0 Å². The topological polar surface area (TPSA) is 68.0 Å². The van der Waals surface area contributed by atoms with E-state index in [-0.39, 0.29) is 5.82 Å². The highest BCUT2D eigenvalue weighted by molar-refractivity contribution is 5.82. The van der Waals surface area contributed by atoms with Crippen molar-refractivity contribution in [2.45, 2.75) is 25.8 Å². The molecule has 0 unspecified atom stereocenters. The SMILES string of the molecule is O=C(O)c1nc2n(n1)CCCC2. The largest absolute Gasteiger partial charge is 0.475 e. The second-order valence-corrected chi connectivity index (χ2v) is 2.84. The van der Waals surface area contributed by atoms with Gasteiger partial charge >= 0.3 is 5.97 Å². The maximum absolute atomic E-state index is 10.5. The van der Waals surface area contributed by atoms with Crippen LogP contribution in [0.3, 0.4) is 0 Å². The average molecular weight is 167 g/mol. The molecule has 1 aliphatic rings. The summed E-state index contributed by atoms with van der Waals surface area (Å²) < 4.78 is 1.69. The van der Waals surface area contributed by atoms with E-state index in [9.17, 15) is 4.79 Å². The molecule has 0 aromatic carbocycles. The first kappa shape index (κ1) is 7.27. The highest BCUT2D eigenvalue weighted by Crippen LogP contribution is 2.11. The van der Waals surface area contributed by atoms with Gasteiger partial charge in [-0.25, -0.2) is 14.5 Å². The molecule has 0 radical (unpaired) electrons. The van der Waals surface area contributed by atoms with Crippen molar-refractivity contribution in [1.29, 1.82) is 0 Å². The lowest BCUT2D eigenvalue weighted by molar-refractivity contribution is 0.0683. The van der Waals surface area contributed by atoms with Crippen LogP contribution in [0, 0.1) is 0 Å². The van der Waals surface area contributed by atoms with E-state index >= 15 is 0 Å². The van der Waals surface area contributed by atoms with Gasteiger partial charge in [-0.15, -0.1) is 5.10 Å². The monoisotopic (exact) mass is 167 g/mol. The van der Waals surface area contributed by atoms with E-state index in [0.717, 1.165) is 31.6 Å². The number of carboxylic acid groups (broad SMARTS) is 1. The summed E-state index contributed by atoms with van der Waals surface area (Å²) in [6.45, 7) is 0.801. The van der Waals surface area contributed by atoms with E-state index in [1.165, 1.54) is 0 Å². The summed E-state index contributed by atoms with van der Waals surface area (Å²) in [6.07, 6.45) is 2.99. The lowest BCUT2D eigenvalue weighted by Gasteiger charge is -2.09. The van der Waals surface area contributed by atoms with Gasteiger partial charge in [-0.1, -0.05) is 0 Å². The minimum atomic E-state index is -1.04. The Morgan fingerprint density at radius 3 is 3.00 bits per heavy atom. The molecule has 1 N–H and O–H groups in total. The number of hydrogen-bond acceptors (Lipinski definition) is 3. The molecule has 0 saturated carbocycles. The number of hydrogen-bond donors (Lipinski definition) is 1. The fourth-order valence-corrected chi connectivity index (χ4v) is 1.37. The summed E-state index contributed by atoms with van der Waals surface area (Å²) in [5, 5.41) is 12.5. The number of nitrogens with zero attached hydrogens (tertiary/aromatic N) is 3. The molecule has 0 spiro atoms. The molecule has 12 heavy (non-hydrogen) atoms. The van der Waals surface area contributed by atoms with Gasteiger partial charge in [-0.3, -0.25) is 0 Å². The zero-order valence-electron chi connectivity index (χ0n) is 6.53. The number of aryl methyl sites for hydroxylation is 2. The molecule has 0 bridgehead atoms. The third-order valence-corrected chi connectivity index (χ3v) is 1.96. The highest BCUT2D eigenvalue weighted by atomic mass is 16.4. The van der Waals surface area contributed by atoms with Crippen LogP contribution in [0.1, 0.15) is 29.3 Å². The maximum Gasteiger partial charge on any atom is 0.375 e. The summed E-state index contributed by atoms with van der Waals surface area (Å²) in [7, 11) is 0. The zero-order valence-corrected chi connectivity index (χ0v) is 6.53. The van der Waals surface area contributed by atoms with E-state index in [2.05, 4.69) is 10.1 Å². The van der Waals surface area contributed by atoms with Crippen LogP contribution in [-0.4, -0.2) is 25.8 Å².